The minimum absolute atomic E-state index is 0.512. The molecule has 0 aliphatic carbocycles. The maximum absolute atomic E-state index is 12.2. The van der Waals surface area contributed by atoms with E-state index < -0.39 is 11.7 Å². The molecule has 0 aromatic heterocycles. The van der Waals surface area contributed by atoms with Crippen LogP contribution >= 0.6 is 11.6 Å². The van der Waals surface area contributed by atoms with E-state index in [0.717, 1.165) is 12.1 Å². The number of allylic oxidation sites excluding steroid dienone is 1. The quantitative estimate of drug-likeness (QED) is 0.595. The van der Waals surface area contributed by atoms with Gasteiger partial charge in [-0.15, -0.1) is 0 Å². The Morgan fingerprint density at radius 3 is 2.20 bits per heavy atom. The lowest BCUT2D eigenvalue weighted by Crippen LogP contribution is -2.03. The Morgan fingerprint density at radius 1 is 1.13 bits per heavy atom. The van der Waals surface area contributed by atoms with Crippen molar-refractivity contribution < 1.29 is 13.2 Å². The van der Waals surface area contributed by atoms with Crippen molar-refractivity contribution in [2.45, 2.75) is 6.18 Å². The summed E-state index contributed by atoms with van der Waals surface area (Å²) in [6, 6.07) is 4.62. The van der Waals surface area contributed by atoms with Crippen LogP contribution in [0.5, 0.6) is 0 Å². The minimum Gasteiger partial charge on any atom is -0.166 e. The van der Waals surface area contributed by atoms with Gasteiger partial charge in [-0.3, -0.25) is 0 Å². The van der Waals surface area contributed by atoms with Gasteiger partial charge in [0.15, 0.2) is 0 Å². The van der Waals surface area contributed by atoms with Gasteiger partial charge in [-0.25, -0.2) is 0 Å². The molecule has 4 heteroatoms. The molecule has 0 aliphatic heterocycles. The Hall–Kier alpha value is -1.40. The topological polar surface area (TPSA) is 0 Å². The van der Waals surface area contributed by atoms with E-state index in [1.807, 2.05) is 0 Å². The summed E-state index contributed by atoms with van der Waals surface area (Å²) in [4.78, 5) is 0. The summed E-state index contributed by atoms with van der Waals surface area (Å²) in [7, 11) is 0. The van der Waals surface area contributed by atoms with Gasteiger partial charge >= 0.3 is 6.18 Å². The van der Waals surface area contributed by atoms with Crippen molar-refractivity contribution in [2.24, 2.45) is 0 Å². The van der Waals surface area contributed by atoms with Crippen LogP contribution in [0.2, 0.25) is 0 Å². The number of hydrogen-bond acceptors (Lipinski definition) is 0. The number of rotatable bonds is 0. The third-order valence-corrected chi connectivity index (χ3v) is 1.70. The van der Waals surface area contributed by atoms with Crippen LogP contribution in [-0.2, 0) is 6.18 Å². The SMILES string of the molecule is FC(F)(F)c1ccc(C#C/C=C/Cl)cc1. The fourth-order valence-corrected chi connectivity index (χ4v) is 0.962. The lowest BCUT2D eigenvalue weighted by Gasteiger charge is -2.05. The zero-order valence-corrected chi connectivity index (χ0v) is 8.23. The van der Waals surface area contributed by atoms with E-state index >= 15 is 0 Å². The lowest BCUT2D eigenvalue weighted by molar-refractivity contribution is -0.137. The molecule has 0 unspecified atom stereocenters. The Morgan fingerprint density at radius 2 is 1.73 bits per heavy atom. The summed E-state index contributed by atoms with van der Waals surface area (Å²) in [5.41, 5.74) is 1.07. The third kappa shape index (κ3) is 3.69. The molecule has 1 rings (SSSR count). The summed E-state index contributed by atoms with van der Waals surface area (Å²) in [6.07, 6.45) is -2.90. The average Bonchev–Trinajstić information content (AvgIpc) is 2.18. The van der Waals surface area contributed by atoms with E-state index in [1.54, 1.807) is 0 Å². The van der Waals surface area contributed by atoms with Crippen molar-refractivity contribution in [1.29, 1.82) is 0 Å². The highest BCUT2D eigenvalue weighted by Gasteiger charge is 2.29. The first-order valence-corrected chi connectivity index (χ1v) is 4.41. The molecule has 0 saturated carbocycles. The van der Waals surface area contributed by atoms with E-state index in [4.69, 9.17) is 11.6 Å². The largest absolute Gasteiger partial charge is 0.416 e. The van der Waals surface area contributed by atoms with Crippen LogP contribution in [0, 0.1) is 11.8 Å². The maximum Gasteiger partial charge on any atom is 0.416 e. The van der Waals surface area contributed by atoms with Gasteiger partial charge in [0.2, 0.25) is 0 Å². The first kappa shape index (κ1) is 11.7. The summed E-state index contributed by atoms with van der Waals surface area (Å²) < 4.78 is 36.5. The Kier molecular flexibility index (Phi) is 3.81. The van der Waals surface area contributed by atoms with Crippen molar-refractivity contribution >= 4 is 11.6 Å². The van der Waals surface area contributed by atoms with Crippen LogP contribution in [-0.4, -0.2) is 0 Å². The highest BCUT2D eigenvalue weighted by atomic mass is 35.5. The van der Waals surface area contributed by atoms with E-state index in [9.17, 15) is 13.2 Å². The molecule has 15 heavy (non-hydrogen) atoms. The molecular formula is C11H6ClF3. The van der Waals surface area contributed by atoms with Crippen LogP contribution < -0.4 is 0 Å². The van der Waals surface area contributed by atoms with Gasteiger partial charge in [0.1, 0.15) is 0 Å². The number of benzene rings is 1. The van der Waals surface area contributed by atoms with E-state index in [-0.39, 0.29) is 0 Å². The van der Waals surface area contributed by atoms with Gasteiger partial charge < -0.3 is 0 Å². The van der Waals surface area contributed by atoms with Crippen LogP contribution in [0.15, 0.2) is 35.9 Å². The molecule has 0 aliphatic rings. The molecule has 0 amide bonds. The Labute approximate surface area is 90.4 Å². The predicted octanol–water partition coefficient (Wildman–Crippen LogP) is 3.81. The highest BCUT2D eigenvalue weighted by Crippen LogP contribution is 2.28. The first-order chi connectivity index (χ1) is 7.04. The van der Waals surface area contributed by atoms with Crippen molar-refractivity contribution in [3.05, 3.63) is 47.0 Å². The van der Waals surface area contributed by atoms with Crippen molar-refractivity contribution in [2.75, 3.05) is 0 Å². The molecule has 0 saturated heterocycles. The molecule has 0 atom stereocenters. The maximum atomic E-state index is 12.2. The second-order valence-electron chi connectivity index (χ2n) is 2.64. The predicted molar refractivity (Wildman–Crippen MR) is 53.3 cm³/mol. The smallest absolute Gasteiger partial charge is 0.166 e. The molecule has 0 N–H and O–H groups in total. The molecule has 0 radical (unpaired) electrons. The summed E-state index contributed by atoms with van der Waals surface area (Å²) in [6.45, 7) is 0. The fourth-order valence-electron chi connectivity index (χ4n) is 0.899. The second-order valence-corrected chi connectivity index (χ2v) is 2.89. The minimum atomic E-state index is -4.30. The summed E-state index contributed by atoms with van der Waals surface area (Å²) in [5.74, 6) is 5.20. The Bertz CT molecular complexity index is 404. The summed E-state index contributed by atoms with van der Waals surface area (Å²) in [5, 5.41) is 0. The Balaban J connectivity index is 2.88. The lowest BCUT2D eigenvalue weighted by atomic mass is 10.1. The first-order valence-electron chi connectivity index (χ1n) is 3.98. The van der Waals surface area contributed by atoms with Gasteiger partial charge in [-0.05, 0) is 30.3 Å². The van der Waals surface area contributed by atoms with E-state index in [0.29, 0.717) is 5.56 Å². The van der Waals surface area contributed by atoms with E-state index in [2.05, 4.69) is 11.8 Å². The van der Waals surface area contributed by atoms with Crippen LogP contribution in [0.25, 0.3) is 0 Å². The number of halogens is 4. The highest BCUT2D eigenvalue weighted by molar-refractivity contribution is 6.25. The molecular weight excluding hydrogens is 225 g/mol. The third-order valence-electron chi connectivity index (χ3n) is 1.58. The van der Waals surface area contributed by atoms with Gasteiger partial charge in [0.25, 0.3) is 0 Å². The molecule has 0 nitrogen and oxygen atoms in total. The van der Waals surface area contributed by atoms with Crippen molar-refractivity contribution in [3.8, 4) is 11.8 Å². The monoisotopic (exact) mass is 230 g/mol. The normalized spacial score (nSPS) is 11.2. The van der Waals surface area contributed by atoms with Gasteiger partial charge in [-0.2, -0.15) is 13.2 Å². The molecule has 1 aromatic carbocycles. The average molecular weight is 231 g/mol. The zero-order valence-electron chi connectivity index (χ0n) is 7.48. The van der Waals surface area contributed by atoms with E-state index in [1.165, 1.54) is 23.7 Å². The zero-order chi connectivity index (χ0) is 11.3. The van der Waals surface area contributed by atoms with Gasteiger partial charge in [0, 0.05) is 11.1 Å². The van der Waals surface area contributed by atoms with Crippen LogP contribution in [0.4, 0.5) is 13.2 Å². The molecule has 78 valence electrons. The number of hydrogen-bond donors (Lipinski definition) is 0. The van der Waals surface area contributed by atoms with Gasteiger partial charge in [0.05, 0.1) is 5.56 Å². The molecule has 0 heterocycles. The molecule has 0 spiro atoms. The number of alkyl halides is 3. The van der Waals surface area contributed by atoms with Crippen molar-refractivity contribution in [3.63, 3.8) is 0 Å². The van der Waals surface area contributed by atoms with Crippen LogP contribution in [0.3, 0.4) is 0 Å². The van der Waals surface area contributed by atoms with Crippen LogP contribution in [0.1, 0.15) is 11.1 Å². The molecule has 0 bridgehead atoms. The summed E-state index contributed by atoms with van der Waals surface area (Å²) >= 11 is 5.22. The second kappa shape index (κ2) is 4.90. The fraction of sp³-hybridized carbons (Fsp3) is 0.0909. The van der Waals surface area contributed by atoms with Crippen molar-refractivity contribution in [1.82, 2.24) is 0 Å². The van der Waals surface area contributed by atoms with Gasteiger partial charge in [-0.1, -0.05) is 23.4 Å². The molecule has 0 fully saturated rings. The standard InChI is InChI=1S/C11H6ClF3/c12-8-2-1-3-9-4-6-10(7-5-9)11(13,14)15/h2,4-8H/b8-2+. The molecule has 1 aromatic rings.